The number of carbonyl (C=O) groups excluding carboxylic acids is 1. The van der Waals surface area contributed by atoms with Crippen molar-refractivity contribution < 1.29 is 32.3 Å². The first-order valence-electron chi connectivity index (χ1n) is 9.46. The summed E-state index contributed by atoms with van der Waals surface area (Å²) in [6.45, 7) is 5.18. The second-order valence-electron chi connectivity index (χ2n) is 8.04. The molecule has 2 aliphatic rings. The molecule has 2 N–H and O–H groups in total. The van der Waals surface area contributed by atoms with Crippen molar-refractivity contribution in [2.75, 3.05) is 27.2 Å². The molecule has 1 aliphatic carbocycles. The van der Waals surface area contributed by atoms with Crippen molar-refractivity contribution in [3.8, 4) is 0 Å². The number of furan rings is 1. The molecule has 1 aromatic rings. The lowest BCUT2D eigenvalue weighted by Gasteiger charge is -2.52. The molecule has 3 rings (SSSR count). The van der Waals surface area contributed by atoms with Crippen molar-refractivity contribution in [2.45, 2.75) is 51.4 Å². The van der Waals surface area contributed by atoms with Crippen molar-refractivity contribution in [3.05, 3.63) is 23.7 Å². The van der Waals surface area contributed by atoms with Gasteiger partial charge in [0.25, 0.3) is 0 Å². The van der Waals surface area contributed by atoms with Crippen LogP contribution in [0.15, 0.2) is 16.5 Å². The molecule has 10 heteroatoms. The van der Waals surface area contributed by atoms with Gasteiger partial charge in [-0.05, 0) is 63.2 Å². The summed E-state index contributed by atoms with van der Waals surface area (Å²) in [6.07, 6.45) is -0.331. The number of carbonyl (C=O) groups is 2. The average molecular weight is 419 g/mol. The number of likely N-dealkylation sites (tertiary alicyclic amines) is 1. The summed E-state index contributed by atoms with van der Waals surface area (Å²) in [4.78, 5) is 24.7. The third-order valence-electron chi connectivity index (χ3n) is 5.43. The number of nitrogens with zero attached hydrogens (tertiary/aromatic N) is 2. The van der Waals surface area contributed by atoms with Gasteiger partial charge in [0.05, 0.1) is 6.54 Å². The SMILES string of the molecule is Cc1ccc(CN2CCC3(CC2)CC(NC(=O)N(C)C)C3)o1.O=C(O)C(F)(F)F. The van der Waals surface area contributed by atoms with E-state index in [0.29, 0.717) is 11.5 Å². The van der Waals surface area contributed by atoms with E-state index < -0.39 is 12.1 Å². The largest absolute Gasteiger partial charge is 0.490 e. The number of piperidine rings is 1. The number of carboxylic acids is 1. The Morgan fingerprint density at radius 1 is 1.28 bits per heavy atom. The van der Waals surface area contributed by atoms with E-state index in [1.54, 1.807) is 19.0 Å². The van der Waals surface area contributed by atoms with E-state index in [4.69, 9.17) is 14.3 Å². The minimum atomic E-state index is -5.08. The first kappa shape index (κ1) is 23.1. The molecule has 1 aliphatic heterocycles. The predicted octanol–water partition coefficient (Wildman–Crippen LogP) is 3.24. The van der Waals surface area contributed by atoms with Gasteiger partial charge in [0.15, 0.2) is 0 Å². The highest BCUT2D eigenvalue weighted by atomic mass is 19.4. The zero-order chi connectivity index (χ0) is 21.8. The number of amides is 2. The molecule has 1 saturated carbocycles. The summed E-state index contributed by atoms with van der Waals surface area (Å²) < 4.78 is 37.4. The summed E-state index contributed by atoms with van der Waals surface area (Å²) in [6, 6.07) is 4.51. The lowest BCUT2D eigenvalue weighted by Crippen LogP contribution is -2.56. The van der Waals surface area contributed by atoms with Gasteiger partial charge in [0.1, 0.15) is 11.5 Å². The molecule has 0 aromatic carbocycles. The van der Waals surface area contributed by atoms with E-state index in [1.165, 1.54) is 12.8 Å². The van der Waals surface area contributed by atoms with Gasteiger partial charge in [-0.2, -0.15) is 13.2 Å². The number of aryl methyl sites for hydroxylation is 1. The minimum absolute atomic E-state index is 0.0328. The third-order valence-corrected chi connectivity index (χ3v) is 5.43. The molecule has 0 unspecified atom stereocenters. The number of hydrogen-bond donors (Lipinski definition) is 2. The van der Waals surface area contributed by atoms with Crippen molar-refractivity contribution in [1.29, 1.82) is 0 Å². The van der Waals surface area contributed by atoms with Crippen LogP contribution in [-0.4, -0.2) is 66.3 Å². The second kappa shape index (κ2) is 9.06. The van der Waals surface area contributed by atoms with Gasteiger partial charge < -0.3 is 19.7 Å². The Hall–Kier alpha value is -2.23. The molecule has 0 atom stereocenters. The first-order valence-corrected chi connectivity index (χ1v) is 9.46. The number of hydrogen-bond acceptors (Lipinski definition) is 4. The van der Waals surface area contributed by atoms with E-state index in [1.807, 2.05) is 13.0 Å². The summed E-state index contributed by atoms with van der Waals surface area (Å²) in [5, 5.41) is 10.2. The van der Waals surface area contributed by atoms with Crippen LogP contribution in [0.3, 0.4) is 0 Å². The summed E-state index contributed by atoms with van der Waals surface area (Å²) in [5.74, 6) is -0.701. The number of alkyl halides is 3. The number of carboxylic acid groups (broad SMARTS) is 1. The van der Waals surface area contributed by atoms with Crippen molar-refractivity contribution in [3.63, 3.8) is 0 Å². The van der Waals surface area contributed by atoms with Gasteiger partial charge in [-0.25, -0.2) is 9.59 Å². The third kappa shape index (κ3) is 6.66. The van der Waals surface area contributed by atoms with Crippen molar-refractivity contribution in [1.82, 2.24) is 15.1 Å². The lowest BCUT2D eigenvalue weighted by atomic mass is 9.60. The van der Waals surface area contributed by atoms with Crippen LogP contribution in [0.25, 0.3) is 0 Å². The molecular weight excluding hydrogens is 391 g/mol. The van der Waals surface area contributed by atoms with Crippen LogP contribution in [0.1, 0.15) is 37.2 Å². The molecular formula is C19H28F3N3O4. The van der Waals surface area contributed by atoms with Crippen LogP contribution in [0.4, 0.5) is 18.0 Å². The Morgan fingerprint density at radius 2 is 1.83 bits per heavy atom. The molecule has 29 heavy (non-hydrogen) atoms. The highest BCUT2D eigenvalue weighted by Gasteiger charge is 2.46. The van der Waals surface area contributed by atoms with Crippen LogP contribution in [0.2, 0.25) is 0 Å². The molecule has 164 valence electrons. The zero-order valence-corrected chi connectivity index (χ0v) is 16.9. The number of halogens is 3. The van der Waals surface area contributed by atoms with E-state index >= 15 is 0 Å². The Kier molecular flexibility index (Phi) is 7.20. The van der Waals surface area contributed by atoms with Gasteiger partial charge in [0.2, 0.25) is 0 Å². The molecule has 0 bridgehead atoms. The Labute approximate surface area is 167 Å². The molecule has 0 radical (unpaired) electrons. The highest BCUT2D eigenvalue weighted by Crippen LogP contribution is 2.49. The smallest absolute Gasteiger partial charge is 0.475 e. The number of nitrogens with one attached hydrogen (secondary N) is 1. The molecule has 1 aromatic heterocycles. The minimum Gasteiger partial charge on any atom is -0.475 e. The van der Waals surface area contributed by atoms with Gasteiger partial charge in [-0.3, -0.25) is 4.90 Å². The summed E-state index contributed by atoms with van der Waals surface area (Å²) >= 11 is 0. The van der Waals surface area contributed by atoms with E-state index in [0.717, 1.165) is 44.0 Å². The van der Waals surface area contributed by atoms with Gasteiger partial charge in [0, 0.05) is 20.1 Å². The number of rotatable bonds is 3. The van der Waals surface area contributed by atoms with Crippen molar-refractivity contribution >= 4 is 12.0 Å². The van der Waals surface area contributed by atoms with Crippen molar-refractivity contribution in [2.24, 2.45) is 5.41 Å². The van der Waals surface area contributed by atoms with Gasteiger partial charge in [-0.15, -0.1) is 0 Å². The van der Waals surface area contributed by atoms with Crippen LogP contribution >= 0.6 is 0 Å². The monoisotopic (exact) mass is 419 g/mol. The fraction of sp³-hybridized carbons (Fsp3) is 0.684. The molecule has 2 fully saturated rings. The molecule has 7 nitrogen and oxygen atoms in total. The predicted molar refractivity (Wildman–Crippen MR) is 99.3 cm³/mol. The molecule has 1 saturated heterocycles. The maximum Gasteiger partial charge on any atom is 0.490 e. The molecule has 2 amide bonds. The van der Waals surface area contributed by atoms with Gasteiger partial charge >= 0.3 is 18.2 Å². The Morgan fingerprint density at radius 3 is 2.24 bits per heavy atom. The zero-order valence-electron chi connectivity index (χ0n) is 16.9. The van der Waals surface area contributed by atoms with Crippen LogP contribution < -0.4 is 5.32 Å². The lowest BCUT2D eigenvalue weighted by molar-refractivity contribution is -0.192. The maximum atomic E-state index is 11.7. The maximum absolute atomic E-state index is 11.7. The summed E-state index contributed by atoms with van der Waals surface area (Å²) in [7, 11) is 3.58. The standard InChI is InChI=1S/C17H27N3O2.C2HF3O2/c1-13-4-5-15(22-13)12-20-8-6-17(7-9-20)10-14(11-17)18-16(21)19(2)3;3-2(4,5)1(6)7/h4-5,14H,6-12H2,1-3H3,(H,18,21);(H,6,7). The van der Waals surface area contributed by atoms with Crippen LogP contribution in [-0.2, 0) is 11.3 Å². The summed E-state index contributed by atoms with van der Waals surface area (Å²) in [5.41, 5.74) is 0.472. The van der Waals surface area contributed by atoms with E-state index in [2.05, 4.69) is 16.3 Å². The topological polar surface area (TPSA) is 86.0 Å². The fourth-order valence-corrected chi connectivity index (χ4v) is 3.78. The average Bonchev–Trinajstić information content (AvgIpc) is 2.99. The fourth-order valence-electron chi connectivity index (χ4n) is 3.78. The normalized spacial score (nSPS) is 19.1. The van der Waals surface area contributed by atoms with E-state index in [-0.39, 0.29) is 6.03 Å². The number of aliphatic carboxylic acids is 1. The van der Waals surface area contributed by atoms with Gasteiger partial charge in [-0.1, -0.05) is 0 Å². The molecule has 2 heterocycles. The van der Waals surface area contributed by atoms with Crippen LogP contribution in [0.5, 0.6) is 0 Å². The quantitative estimate of drug-likeness (QED) is 0.786. The Bertz CT molecular complexity index is 702. The van der Waals surface area contributed by atoms with Crippen LogP contribution in [0, 0.1) is 12.3 Å². The Balaban J connectivity index is 0.000000370. The second-order valence-corrected chi connectivity index (χ2v) is 8.04. The van der Waals surface area contributed by atoms with E-state index in [9.17, 15) is 18.0 Å². The highest BCUT2D eigenvalue weighted by molar-refractivity contribution is 5.74. The number of urea groups is 1. The first-order chi connectivity index (χ1) is 13.4. The molecule has 1 spiro atoms.